The third-order valence-corrected chi connectivity index (χ3v) is 5.51. The maximum atomic E-state index is 13.9. The Morgan fingerprint density at radius 2 is 1.96 bits per heavy atom. The van der Waals surface area contributed by atoms with Gasteiger partial charge in [0.05, 0.1) is 19.2 Å². The lowest BCUT2D eigenvalue weighted by Crippen LogP contribution is -2.53. The van der Waals surface area contributed by atoms with Gasteiger partial charge in [-0.05, 0) is 18.2 Å². The van der Waals surface area contributed by atoms with E-state index in [4.69, 9.17) is 9.47 Å². The fourth-order valence-corrected chi connectivity index (χ4v) is 3.80. The normalized spacial score (nSPS) is 18.8. The first kappa shape index (κ1) is 18.7. The summed E-state index contributed by atoms with van der Waals surface area (Å²) in [5, 5.41) is 2.95. The van der Waals surface area contributed by atoms with Gasteiger partial charge >= 0.3 is 0 Å². The molecular weight excluding hydrogens is 366 g/mol. The van der Waals surface area contributed by atoms with Gasteiger partial charge in [-0.25, -0.2) is 8.78 Å². The summed E-state index contributed by atoms with van der Waals surface area (Å²) >= 11 is 0. The highest BCUT2D eigenvalue weighted by Gasteiger charge is 2.40. The first-order chi connectivity index (χ1) is 13.5. The number of methoxy groups -OCH3 is 1. The van der Waals surface area contributed by atoms with Crippen molar-refractivity contribution in [3.05, 3.63) is 59.2 Å². The second kappa shape index (κ2) is 7.39. The van der Waals surface area contributed by atoms with Crippen molar-refractivity contribution in [2.75, 3.05) is 26.7 Å². The first-order valence-electron chi connectivity index (χ1n) is 9.30. The molecule has 0 aromatic heterocycles. The van der Waals surface area contributed by atoms with E-state index >= 15 is 0 Å². The number of fused-ring (bicyclic) bond motifs is 1. The van der Waals surface area contributed by atoms with Crippen molar-refractivity contribution in [3.63, 3.8) is 0 Å². The number of hydrogen-bond donors (Lipinski definition) is 1. The summed E-state index contributed by atoms with van der Waals surface area (Å²) < 4.78 is 38.6. The maximum Gasteiger partial charge on any atom is 0.255 e. The molecule has 0 bridgehead atoms. The SMILES string of the molecule is COc1ccc2c(c1)OC1(CCN(Cc3ccc(F)cc3F)CC1)CNC2=O. The molecular formula is C21H22F2N2O3. The van der Waals surface area contributed by atoms with E-state index in [0.717, 1.165) is 6.07 Å². The number of benzene rings is 2. The molecule has 2 heterocycles. The lowest BCUT2D eigenvalue weighted by molar-refractivity contribution is 0.00361. The largest absolute Gasteiger partial charge is 0.497 e. The van der Waals surface area contributed by atoms with E-state index in [0.29, 0.717) is 61.6 Å². The number of ether oxygens (including phenoxy) is 2. The van der Waals surface area contributed by atoms with Crippen LogP contribution in [0.15, 0.2) is 36.4 Å². The van der Waals surface area contributed by atoms with Crippen LogP contribution in [-0.4, -0.2) is 43.2 Å². The molecule has 1 N–H and O–H groups in total. The van der Waals surface area contributed by atoms with E-state index in [2.05, 4.69) is 10.2 Å². The van der Waals surface area contributed by atoms with Crippen molar-refractivity contribution < 1.29 is 23.0 Å². The molecule has 5 nitrogen and oxygen atoms in total. The van der Waals surface area contributed by atoms with Crippen molar-refractivity contribution in [3.8, 4) is 11.5 Å². The second-order valence-corrected chi connectivity index (χ2v) is 7.34. The van der Waals surface area contributed by atoms with Gasteiger partial charge in [-0.2, -0.15) is 0 Å². The summed E-state index contributed by atoms with van der Waals surface area (Å²) in [4.78, 5) is 14.5. The van der Waals surface area contributed by atoms with Crippen LogP contribution in [0.1, 0.15) is 28.8 Å². The molecule has 2 aromatic rings. The Hall–Kier alpha value is -2.67. The molecule has 2 aliphatic heterocycles. The van der Waals surface area contributed by atoms with Crippen LogP contribution in [0.2, 0.25) is 0 Å². The fourth-order valence-electron chi connectivity index (χ4n) is 3.80. The number of piperidine rings is 1. The van der Waals surface area contributed by atoms with Crippen LogP contribution in [0, 0.1) is 11.6 Å². The molecule has 28 heavy (non-hydrogen) atoms. The average Bonchev–Trinajstić information content (AvgIpc) is 2.82. The minimum atomic E-state index is -0.574. The molecule has 0 unspecified atom stereocenters. The Balaban J connectivity index is 1.47. The highest BCUT2D eigenvalue weighted by atomic mass is 19.1. The van der Waals surface area contributed by atoms with Crippen molar-refractivity contribution in [1.29, 1.82) is 0 Å². The summed E-state index contributed by atoms with van der Waals surface area (Å²) in [6.07, 6.45) is 1.37. The molecule has 2 aliphatic rings. The standard InChI is InChI=1S/C21H22F2N2O3/c1-27-16-4-5-17-19(11-16)28-21(13-24-20(17)26)6-8-25(9-7-21)12-14-2-3-15(22)10-18(14)23/h2-5,10-11H,6-9,12-13H2,1H3,(H,24,26). The molecule has 7 heteroatoms. The summed E-state index contributed by atoms with van der Waals surface area (Å²) in [7, 11) is 1.57. The Morgan fingerprint density at radius 1 is 1.18 bits per heavy atom. The molecule has 148 valence electrons. The van der Waals surface area contributed by atoms with Crippen LogP contribution in [0.4, 0.5) is 8.78 Å². The van der Waals surface area contributed by atoms with Crippen molar-refractivity contribution >= 4 is 5.91 Å². The lowest BCUT2D eigenvalue weighted by atomic mass is 9.90. The Bertz CT molecular complexity index is 895. The van der Waals surface area contributed by atoms with Gasteiger partial charge in [0.15, 0.2) is 0 Å². The Kier molecular flexibility index (Phi) is 4.93. The summed E-state index contributed by atoms with van der Waals surface area (Å²) in [6.45, 7) is 2.21. The number of halogens is 2. The lowest BCUT2D eigenvalue weighted by Gasteiger charge is -2.41. The van der Waals surface area contributed by atoms with Gasteiger partial charge in [0.1, 0.15) is 28.7 Å². The Labute approximate surface area is 162 Å². The number of likely N-dealkylation sites (tertiary alicyclic amines) is 1. The number of rotatable bonds is 3. The van der Waals surface area contributed by atoms with Gasteiger partial charge in [-0.3, -0.25) is 9.69 Å². The minimum Gasteiger partial charge on any atom is -0.497 e. The van der Waals surface area contributed by atoms with E-state index in [1.54, 1.807) is 25.3 Å². The number of hydrogen-bond acceptors (Lipinski definition) is 4. The third kappa shape index (κ3) is 3.67. The minimum absolute atomic E-state index is 0.162. The van der Waals surface area contributed by atoms with Gasteiger partial charge in [0.25, 0.3) is 5.91 Å². The summed E-state index contributed by atoms with van der Waals surface area (Å²) in [5.74, 6) is -0.111. The molecule has 0 aliphatic carbocycles. The first-order valence-corrected chi connectivity index (χ1v) is 9.30. The van der Waals surface area contributed by atoms with Crippen LogP contribution in [-0.2, 0) is 6.54 Å². The monoisotopic (exact) mass is 388 g/mol. The van der Waals surface area contributed by atoms with E-state index in [1.807, 2.05) is 0 Å². The molecule has 1 saturated heterocycles. The summed E-state index contributed by atoms with van der Waals surface area (Å²) in [5.41, 5.74) is 0.460. The fraction of sp³-hybridized carbons (Fsp3) is 0.381. The van der Waals surface area contributed by atoms with Crippen LogP contribution in [0.5, 0.6) is 11.5 Å². The molecule has 0 atom stereocenters. The van der Waals surface area contributed by atoms with Gasteiger partial charge in [-0.1, -0.05) is 6.07 Å². The quantitative estimate of drug-likeness (QED) is 0.878. The van der Waals surface area contributed by atoms with Crippen molar-refractivity contribution in [2.45, 2.75) is 25.0 Å². The van der Waals surface area contributed by atoms with E-state index in [1.165, 1.54) is 12.1 Å². The van der Waals surface area contributed by atoms with Gasteiger partial charge in [-0.15, -0.1) is 0 Å². The van der Waals surface area contributed by atoms with Crippen LogP contribution in [0.25, 0.3) is 0 Å². The zero-order valence-corrected chi connectivity index (χ0v) is 15.6. The molecule has 1 amide bonds. The van der Waals surface area contributed by atoms with Crippen LogP contribution < -0.4 is 14.8 Å². The molecule has 0 saturated carbocycles. The van der Waals surface area contributed by atoms with Gasteiger partial charge < -0.3 is 14.8 Å². The molecule has 0 radical (unpaired) electrons. The molecule has 1 spiro atoms. The topological polar surface area (TPSA) is 50.8 Å². The predicted octanol–water partition coefficient (Wildman–Crippen LogP) is 3.13. The van der Waals surface area contributed by atoms with Crippen LogP contribution >= 0.6 is 0 Å². The molecule has 2 aromatic carbocycles. The van der Waals surface area contributed by atoms with E-state index in [-0.39, 0.29) is 5.91 Å². The van der Waals surface area contributed by atoms with E-state index in [9.17, 15) is 13.6 Å². The highest BCUT2D eigenvalue weighted by Crippen LogP contribution is 2.35. The van der Waals surface area contributed by atoms with Crippen molar-refractivity contribution in [2.24, 2.45) is 0 Å². The summed E-state index contributed by atoms with van der Waals surface area (Å²) in [6, 6.07) is 8.85. The number of nitrogens with one attached hydrogen (secondary N) is 1. The third-order valence-electron chi connectivity index (χ3n) is 5.51. The average molecular weight is 388 g/mol. The number of carbonyl (C=O) groups excluding carboxylic acids is 1. The van der Waals surface area contributed by atoms with Crippen LogP contribution in [0.3, 0.4) is 0 Å². The number of amides is 1. The molecule has 1 fully saturated rings. The van der Waals surface area contributed by atoms with E-state index < -0.39 is 17.2 Å². The van der Waals surface area contributed by atoms with Gasteiger partial charge in [0.2, 0.25) is 0 Å². The second-order valence-electron chi connectivity index (χ2n) is 7.34. The predicted molar refractivity (Wildman–Crippen MR) is 99.6 cm³/mol. The Morgan fingerprint density at radius 3 is 2.68 bits per heavy atom. The number of nitrogens with zero attached hydrogens (tertiary/aromatic N) is 1. The molecule has 4 rings (SSSR count). The van der Waals surface area contributed by atoms with Crippen molar-refractivity contribution in [1.82, 2.24) is 10.2 Å². The zero-order valence-electron chi connectivity index (χ0n) is 15.6. The smallest absolute Gasteiger partial charge is 0.255 e. The zero-order chi connectivity index (χ0) is 19.7. The maximum absolute atomic E-state index is 13.9. The number of carbonyl (C=O) groups is 1. The van der Waals surface area contributed by atoms with Gasteiger partial charge in [0, 0.05) is 50.2 Å². The highest BCUT2D eigenvalue weighted by molar-refractivity contribution is 5.97.